The maximum absolute atomic E-state index is 14.0. The normalized spacial score (nSPS) is 10.9. The van der Waals surface area contributed by atoms with E-state index in [9.17, 15) is 4.39 Å². The average molecular weight is 261 g/mol. The molecular weight excluding hydrogens is 241 g/mol. The Labute approximate surface area is 113 Å². The fourth-order valence-corrected chi connectivity index (χ4v) is 2.12. The molecule has 0 aliphatic heterocycles. The molecule has 1 aromatic carbocycles. The fraction of sp³-hybridized carbons (Fsp3) is 0.400. The average Bonchev–Trinajstić information content (AvgIpc) is 2.83. The lowest BCUT2D eigenvalue weighted by molar-refractivity contribution is 0.572. The first-order valence-corrected chi connectivity index (χ1v) is 6.70. The van der Waals surface area contributed by atoms with E-state index >= 15 is 0 Å². The summed E-state index contributed by atoms with van der Waals surface area (Å²) in [5.41, 5.74) is 9.16. The topological polar surface area (TPSA) is 43.8 Å². The van der Waals surface area contributed by atoms with Crippen LogP contribution >= 0.6 is 0 Å². The van der Waals surface area contributed by atoms with Crippen molar-refractivity contribution >= 4 is 0 Å². The summed E-state index contributed by atoms with van der Waals surface area (Å²) in [6, 6.07) is 7.26. The van der Waals surface area contributed by atoms with Crippen LogP contribution in [0.1, 0.15) is 36.4 Å². The van der Waals surface area contributed by atoms with Crippen LogP contribution in [0.25, 0.3) is 0 Å². The van der Waals surface area contributed by atoms with Gasteiger partial charge in [-0.15, -0.1) is 0 Å². The molecule has 1 aromatic heterocycles. The Morgan fingerprint density at radius 3 is 2.58 bits per heavy atom. The van der Waals surface area contributed by atoms with Crippen LogP contribution < -0.4 is 5.73 Å². The summed E-state index contributed by atoms with van der Waals surface area (Å²) in [6.07, 6.45) is 1.80. The third-order valence-corrected chi connectivity index (χ3v) is 3.31. The van der Waals surface area contributed by atoms with Gasteiger partial charge in [-0.1, -0.05) is 26.0 Å². The number of aryl methyl sites for hydroxylation is 2. The molecule has 0 saturated carbocycles. The third kappa shape index (κ3) is 3.01. The third-order valence-electron chi connectivity index (χ3n) is 3.31. The lowest BCUT2D eigenvalue weighted by Gasteiger charge is -2.08. The Morgan fingerprint density at radius 1 is 1.21 bits per heavy atom. The van der Waals surface area contributed by atoms with Gasteiger partial charge in [0.1, 0.15) is 5.82 Å². The summed E-state index contributed by atoms with van der Waals surface area (Å²) >= 11 is 0. The van der Waals surface area contributed by atoms with E-state index < -0.39 is 0 Å². The first kappa shape index (κ1) is 13.7. The Balaban J connectivity index is 2.27. The molecule has 0 fully saturated rings. The van der Waals surface area contributed by atoms with Crippen molar-refractivity contribution in [2.75, 3.05) is 0 Å². The molecule has 0 spiro atoms. The molecule has 2 N–H and O–H groups in total. The van der Waals surface area contributed by atoms with Gasteiger partial charge < -0.3 is 5.73 Å². The highest BCUT2D eigenvalue weighted by molar-refractivity contribution is 5.25. The minimum atomic E-state index is -0.210. The zero-order valence-electron chi connectivity index (χ0n) is 11.5. The molecule has 2 aromatic rings. The Bertz CT molecular complexity index is 561. The smallest absolute Gasteiger partial charge is 0.128 e. The van der Waals surface area contributed by atoms with Crippen LogP contribution in [0.15, 0.2) is 24.3 Å². The molecule has 0 radical (unpaired) electrons. The maximum Gasteiger partial charge on any atom is 0.128 e. The van der Waals surface area contributed by atoms with Gasteiger partial charge >= 0.3 is 0 Å². The van der Waals surface area contributed by atoms with Crippen molar-refractivity contribution in [2.24, 2.45) is 5.73 Å². The van der Waals surface area contributed by atoms with Gasteiger partial charge in [0.15, 0.2) is 0 Å². The highest BCUT2D eigenvalue weighted by Gasteiger charge is 2.09. The van der Waals surface area contributed by atoms with E-state index in [0.717, 1.165) is 29.8 Å². The highest BCUT2D eigenvalue weighted by Crippen LogP contribution is 2.14. The molecule has 19 heavy (non-hydrogen) atoms. The van der Waals surface area contributed by atoms with Crippen LogP contribution in [0.4, 0.5) is 4.39 Å². The molecule has 1 heterocycles. The second-order valence-electron chi connectivity index (χ2n) is 4.62. The molecular formula is C15H20FN3. The molecule has 3 nitrogen and oxygen atoms in total. The second-order valence-corrected chi connectivity index (χ2v) is 4.62. The van der Waals surface area contributed by atoms with Gasteiger partial charge in [0.2, 0.25) is 0 Å². The number of nitrogens with two attached hydrogens (primary N) is 1. The fourth-order valence-electron chi connectivity index (χ4n) is 2.12. The summed E-state index contributed by atoms with van der Waals surface area (Å²) in [6.45, 7) is 4.99. The minimum Gasteiger partial charge on any atom is -0.326 e. The lowest BCUT2D eigenvalue weighted by atomic mass is 10.1. The van der Waals surface area contributed by atoms with Crippen molar-refractivity contribution < 1.29 is 4.39 Å². The number of nitrogens with zero attached hydrogens (tertiary/aromatic N) is 2. The Kier molecular flexibility index (Phi) is 4.32. The maximum atomic E-state index is 14.0. The zero-order chi connectivity index (χ0) is 13.8. The molecule has 0 aliphatic rings. The van der Waals surface area contributed by atoms with Crippen LogP contribution in [0, 0.1) is 5.82 Å². The number of hydrogen-bond donors (Lipinski definition) is 1. The van der Waals surface area contributed by atoms with Crippen molar-refractivity contribution in [1.29, 1.82) is 0 Å². The number of hydrogen-bond acceptors (Lipinski definition) is 2. The van der Waals surface area contributed by atoms with Crippen LogP contribution in [0.2, 0.25) is 0 Å². The van der Waals surface area contributed by atoms with Crippen LogP contribution in [-0.4, -0.2) is 9.78 Å². The summed E-state index contributed by atoms with van der Waals surface area (Å²) in [5.74, 6) is -0.210. The Morgan fingerprint density at radius 2 is 2.00 bits per heavy atom. The van der Waals surface area contributed by atoms with Crippen LogP contribution in [0.5, 0.6) is 0 Å². The van der Waals surface area contributed by atoms with Crippen molar-refractivity contribution in [3.05, 3.63) is 52.6 Å². The Hall–Kier alpha value is -1.68. The summed E-state index contributed by atoms with van der Waals surface area (Å²) in [4.78, 5) is 0. The highest BCUT2D eigenvalue weighted by atomic mass is 19.1. The van der Waals surface area contributed by atoms with Gasteiger partial charge in [-0.2, -0.15) is 5.10 Å². The molecule has 102 valence electrons. The second kappa shape index (κ2) is 5.97. The molecule has 0 saturated heterocycles. The van der Waals surface area contributed by atoms with Gasteiger partial charge in [0.25, 0.3) is 0 Å². The molecule has 0 unspecified atom stereocenters. The van der Waals surface area contributed by atoms with Crippen molar-refractivity contribution in [2.45, 2.75) is 39.8 Å². The van der Waals surface area contributed by atoms with Crippen LogP contribution in [-0.2, 0) is 25.9 Å². The van der Waals surface area contributed by atoms with Gasteiger partial charge in [-0.05, 0) is 30.5 Å². The molecule has 0 atom stereocenters. The van der Waals surface area contributed by atoms with E-state index in [1.165, 1.54) is 6.07 Å². The molecule has 4 heteroatoms. The monoisotopic (exact) mass is 261 g/mol. The van der Waals surface area contributed by atoms with E-state index in [4.69, 9.17) is 5.73 Å². The number of halogens is 1. The number of aromatic nitrogens is 2. The van der Waals surface area contributed by atoms with Crippen molar-refractivity contribution in [3.63, 3.8) is 0 Å². The standard InChI is InChI=1S/C15H20FN3/c1-3-13-8-14(4-2)19(18-13)10-12-6-5-11(9-17)7-15(12)16/h5-8H,3-4,9-10,17H2,1-2H3. The van der Waals surface area contributed by atoms with Gasteiger partial charge in [-0.25, -0.2) is 4.39 Å². The van der Waals surface area contributed by atoms with E-state index in [1.807, 2.05) is 10.7 Å². The quantitative estimate of drug-likeness (QED) is 0.899. The first-order valence-electron chi connectivity index (χ1n) is 6.70. The zero-order valence-corrected chi connectivity index (χ0v) is 11.5. The van der Waals surface area contributed by atoms with Gasteiger partial charge in [0.05, 0.1) is 12.2 Å². The van der Waals surface area contributed by atoms with E-state index in [2.05, 4.69) is 25.0 Å². The van der Waals surface area contributed by atoms with Gasteiger partial charge in [0, 0.05) is 17.8 Å². The summed E-state index contributed by atoms with van der Waals surface area (Å²) in [5, 5.41) is 4.50. The first-order chi connectivity index (χ1) is 9.17. The van der Waals surface area contributed by atoms with E-state index in [-0.39, 0.29) is 5.82 Å². The largest absolute Gasteiger partial charge is 0.326 e. The van der Waals surface area contributed by atoms with Crippen molar-refractivity contribution in [1.82, 2.24) is 9.78 Å². The molecule has 0 amide bonds. The van der Waals surface area contributed by atoms with Gasteiger partial charge in [-0.3, -0.25) is 4.68 Å². The summed E-state index contributed by atoms with van der Waals surface area (Å²) in [7, 11) is 0. The summed E-state index contributed by atoms with van der Waals surface area (Å²) < 4.78 is 15.8. The van der Waals surface area contributed by atoms with Crippen LogP contribution in [0.3, 0.4) is 0 Å². The molecule has 2 rings (SSSR count). The SMILES string of the molecule is CCc1cc(CC)n(Cc2ccc(CN)cc2F)n1. The molecule has 0 bridgehead atoms. The number of benzene rings is 1. The van der Waals surface area contributed by atoms with E-state index in [0.29, 0.717) is 18.7 Å². The lowest BCUT2D eigenvalue weighted by Crippen LogP contribution is -2.08. The number of rotatable bonds is 5. The predicted molar refractivity (Wildman–Crippen MR) is 74.4 cm³/mol. The predicted octanol–water partition coefficient (Wildman–Crippen LogP) is 2.65. The van der Waals surface area contributed by atoms with Crippen molar-refractivity contribution in [3.8, 4) is 0 Å². The molecule has 0 aliphatic carbocycles. The minimum absolute atomic E-state index is 0.210. The van der Waals surface area contributed by atoms with E-state index in [1.54, 1.807) is 6.07 Å².